The number of nitrogens with one attached hydrogen (secondary N) is 4. The number of anilines is 1. The summed E-state index contributed by atoms with van der Waals surface area (Å²) >= 11 is 0. The molecule has 4 N–H and O–H groups in total. The average Bonchev–Trinajstić information content (AvgIpc) is 2.62. The summed E-state index contributed by atoms with van der Waals surface area (Å²) in [5, 5.41) is 14.1. The molecule has 4 heteroatoms. The fourth-order valence-electron chi connectivity index (χ4n) is 4.01. The molecule has 4 rings (SSSR count). The second kappa shape index (κ2) is 6.89. The summed E-state index contributed by atoms with van der Waals surface area (Å²) in [7, 11) is 0. The Morgan fingerprint density at radius 1 is 1.12 bits per heavy atom. The molecule has 24 heavy (non-hydrogen) atoms. The van der Waals surface area contributed by atoms with E-state index < -0.39 is 0 Å². The molecule has 1 aromatic carbocycles. The van der Waals surface area contributed by atoms with Gasteiger partial charge in [0.15, 0.2) is 0 Å². The van der Waals surface area contributed by atoms with E-state index in [1.807, 2.05) is 0 Å². The minimum absolute atomic E-state index is 0.503. The predicted molar refractivity (Wildman–Crippen MR) is 101 cm³/mol. The summed E-state index contributed by atoms with van der Waals surface area (Å²) < 4.78 is 0. The van der Waals surface area contributed by atoms with Gasteiger partial charge in [-0.15, -0.1) is 0 Å². The third-order valence-corrected chi connectivity index (χ3v) is 5.41. The minimum Gasteiger partial charge on any atom is -0.389 e. The largest absolute Gasteiger partial charge is 0.389 e. The van der Waals surface area contributed by atoms with E-state index in [-0.39, 0.29) is 0 Å². The maximum atomic E-state index is 3.85. The van der Waals surface area contributed by atoms with Crippen molar-refractivity contribution in [2.75, 3.05) is 18.4 Å². The Bertz CT molecular complexity index is 643. The SMILES string of the molecule is CC1CC(c2cc3c(c(NC4CCNCC4)c2)CNC=C3)C=CN1. The van der Waals surface area contributed by atoms with Crippen LogP contribution in [0.2, 0.25) is 0 Å². The maximum absolute atomic E-state index is 3.85. The number of hydrogen-bond donors (Lipinski definition) is 4. The van der Waals surface area contributed by atoms with Gasteiger partial charge < -0.3 is 21.3 Å². The predicted octanol–water partition coefficient (Wildman–Crippen LogP) is 2.90. The first-order valence-corrected chi connectivity index (χ1v) is 9.26. The molecule has 1 fully saturated rings. The monoisotopic (exact) mass is 324 g/mol. The molecule has 1 saturated heterocycles. The summed E-state index contributed by atoms with van der Waals surface area (Å²) in [5.41, 5.74) is 5.53. The van der Waals surface area contributed by atoms with Crippen LogP contribution in [0.5, 0.6) is 0 Å². The highest BCUT2D eigenvalue weighted by Gasteiger charge is 2.21. The first-order chi connectivity index (χ1) is 11.8. The van der Waals surface area contributed by atoms with Crippen LogP contribution in [-0.2, 0) is 6.54 Å². The van der Waals surface area contributed by atoms with Crippen LogP contribution in [0.25, 0.3) is 6.08 Å². The third kappa shape index (κ3) is 3.29. The number of piperidine rings is 1. The van der Waals surface area contributed by atoms with Gasteiger partial charge in [0.05, 0.1) is 0 Å². The van der Waals surface area contributed by atoms with E-state index >= 15 is 0 Å². The fraction of sp³-hybridized carbons (Fsp3) is 0.500. The Balaban J connectivity index is 1.65. The van der Waals surface area contributed by atoms with Gasteiger partial charge in [-0.3, -0.25) is 0 Å². The molecular formula is C20H28N4. The van der Waals surface area contributed by atoms with E-state index in [9.17, 15) is 0 Å². The first kappa shape index (κ1) is 15.6. The van der Waals surface area contributed by atoms with E-state index in [2.05, 4.69) is 64.9 Å². The summed E-state index contributed by atoms with van der Waals surface area (Å²) in [4.78, 5) is 0. The van der Waals surface area contributed by atoms with Crippen LogP contribution >= 0.6 is 0 Å². The fourth-order valence-corrected chi connectivity index (χ4v) is 4.01. The Labute approximate surface area is 144 Å². The van der Waals surface area contributed by atoms with E-state index in [4.69, 9.17) is 0 Å². The van der Waals surface area contributed by atoms with Gasteiger partial charge in [0.25, 0.3) is 0 Å². The summed E-state index contributed by atoms with van der Waals surface area (Å²) in [6.45, 7) is 5.41. The van der Waals surface area contributed by atoms with Gasteiger partial charge in [-0.2, -0.15) is 0 Å². The summed E-state index contributed by atoms with van der Waals surface area (Å²) in [6, 6.07) is 5.90. The molecule has 0 radical (unpaired) electrons. The summed E-state index contributed by atoms with van der Waals surface area (Å²) in [6.07, 6.45) is 12.3. The number of benzene rings is 1. The van der Waals surface area contributed by atoms with Gasteiger partial charge in [-0.05, 0) is 74.9 Å². The molecule has 2 atom stereocenters. The van der Waals surface area contributed by atoms with Gasteiger partial charge in [-0.1, -0.05) is 12.1 Å². The zero-order chi connectivity index (χ0) is 16.4. The lowest BCUT2D eigenvalue weighted by Gasteiger charge is -2.29. The van der Waals surface area contributed by atoms with Crippen LogP contribution in [-0.4, -0.2) is 25.2 Å². The molecular weight excluding hydrogens is 296 g/mol. The molecule has 3 aliphatic rings. The molecule has 0 bridgehead atoms. The first-order valence-electron chi connectivity index (χ1n) is 9.26. The average molecular weight is 324 g/mol. The van der Waals surface area contributed by atoms with Gasteiger partial charge in [0.2, 0.25) is 0 Å². The second-order valence-corrected chi connectivity index (χ2v) is 7.29. The highest BCUT2D eigenvalue weighted by molar-refractivity contribution is 5.68. The standard InChI is InChI=1S/C20H28N4/c1-14-10-15(3-9-23-14)17-11-16-2-6-22-13-19(16)20(12-17)24-18-4-7-21-8-5-18/h2-3,6,9,11-12,14-15,18,21-24H,4-5,7-8,10,13H2,1H3. The highest BCUT2D eigenvalue weighted by Crippen LogP contribution is 2.33. The number of hydrogen-bond acceptors (Lipinski definition) is 4. The quantitative estimate of drug-likeness (QED) is 0.690. The van der Waals surface area contributed by atoms with Crippen molar-refractivity contribution in [3.63, 3.8) is 0 Å². The number of rotatable bonds is 3. The smallest absolute Gasteiger partial charge is 0.0421 e. The molecule has 0 saturated carbocycles. The maximum Gasteiger partial charge on any atom is 0.0421 e. The number of allylic oxidation sites excluding steroid dienone is 1. The lowest BCUT2D eigenvalue weighted by atomic mass is 9.87. The van der Waals surface area contributed by atoms with Gasteiger partial charge >= 0.3 is 0 Å². The van der Waals surface area contributed by atoms with Crippen LogP contribution in [0.4, 0.5) is 5.69 Å². The lowest BCUT2D eigenvalue weighted by Crippen LogP contribution is -2.35. The van der Waals surface area contributed by atoms with Gasteiger partial charge in [0.1, 0.15) is 0 Å². The van der Waals surface area contributed by atoms with Crippen LogP contribution < -0.4 is 21.3 Å². The Morgan fingerprint density at radius 2 is 2.00 bits per heavy atom. The van der Waals surface area contributed by atoms with Crippen LogP contribution in [0.3, 0.4) is 0 Å². The molecule has 2 unspecified atom stereocenters. The molecule has 1 aromatic rings. The number of fused-ring (bicyclic) bond motifs is 1. The van der Waals surface area contributed by atoms with E-state index in [0.29, 0.717) is 18.0 Å². The molecule has 0 amide bonds. The van der Waals surface area contributed by atoms with E-state index in [1.54, 1.807) is 0 Å². The van der Waals surface area contributed by atoms with Crippen molar-refractivity contribution in [3.05, 3.63) is 47.3 Å². The van der Waals surface area contributed by atoms with Crippen molar-refractivity contribution in [2.45, 2.75) is 50.7 Å². The van der Waals surface area contributed by atoms with Gasteiger partial charge in [-0.25, -0.2) is 0 Å². The van der Waals surface area contributed by atoms with Crippen LogP contribution in [0.1, 0.15) is 48.8 Å². The van der Waals surface area contributed by atoms with Crippen LogP contribution in [0.15, 0.2) is 30.6 Å². The van der Waals surface area contributed by atoms with E-state index in [0.717, 1.165) is 26.1 Å². The molecule has 0 spiro atoms. The third-order valence-electron chi connectivity index (χ3n) is 5.41. The minimum atomic E-state index is 0.503. The van der Waals surface area contributed by atoms with Crippen molar-refractivity contribution in [2.24, 2.45) is 0 Å². The van der Waals surface area contributed by atoms with Crippen molar-refractivity contribution in [1.29, 1.82) is 0 Å². The topological polar surface area (TPSA) is 48.1 Å². The molecule has 0 aliphatic carbocycles. The van der Waals surface area contributed by atoms with Crippen molar-refractivity contribution in [3.8, 4) is 0 Å². The van der Waals surface area contributed by atoms with Gasteiger partial charge in [0, 0.05) is 35.8 Å². The Morgan fingerprint density at radius 3 is 2.83 bits per heavy atom. The van der Waals surface area contributed by atoms with Crippen molar-refractivity contribution >= 4 is 11.8 Å². The zero-order valence-electron chi connectivity index (χ0n) is 14.4. The molecule has 4 nitrogen and oxygen atoms in total. The van der Waals surface area contributed by atoms with E-state index in [1.165, 1.54) is 35.2 Å². The lowest BCUT2D eigenvalue weighted by molar-refractivity contribution is 0.478. The molecule has 3 aliphatic heterocycles. The Kier molecular flexibility index (Phi) is 4.48. The van der Waals surface area contributed by atoms with Crippen LogP contribution in [0, 0.1) is 0 Å². The Hall–Kier alpha value is -1.94. The van der Waals surface area contributed by atoms with Crippen molar-refractivity contribution < 1.29 is 0 Å². The van der Waals surface area contributed by atoms with Crippen molar-refractivity contribution in [1.82, 2.24) is 16.0 Å². The second-order valence-electron chi connectivity index (χ2n) is 7.29. The molecule has 0 aromatic heterocycles. The normalized spacial score (nSPS) is 26.4. The zero-order valence-corrected chi connectivity index (χ0v) is 14.4. The molecule has 3 heterocycles. The summed E-state index contributed by atoms with van der Waals surface area (Å²) in [5.74, 6) is 0.503. The molecule has 128 valence electrons. The highest BCUT2D eigenvalue weighted by atomic mass is 15.0.